The molecule has 0 amide bonds. The Labute approximate surface area is 75.8 Å². The van der Waals surface area contributed by atoms with Crippen molar-refractivity contribution in [3.8, 4) is 11.5 Å². The lowest BCUT2D eigenvalue weighted by Gasteiger charge is -2.05. The summed E-state index contributed by atoms with van der Waals surface area (Å²) in [5.74, 6) is 6.16. The SMILES string of the molecule is NOCC1COc2ccc(O)cc21. The maximum Gasteiger partial charge on any atom is 0.123 e. The first-order chi connectivity index (χ1) is 6.31. The highest BCUT2D eigenvalue weighted by atomic mass is 16.6. The van der Waals surface area contributed by atoms with E-state index >= 15 is 0 Å². The summed E-state index contributed by atoms with van der Waals surface area (Å²) in [4.78, 5) is 4.56. The third-order valence-corrected chi connectivity index (χ3v) is 2.17. The van der Waals surface area contributed by atoms with Crippen molar-refractivity contribution in [1.29, 1.82) is 0 Å². The summed E-state index contributed by atoms with van der Waals surface area (Å²) in [5.41, 5.74) is 0.963. The number of hydrogen-bond acceptors (Lipinski definition) is 4. The monoisotopic (exact) mass is 181 g/mol. The van der Waals surface area contributed by atoms with Gasteiger partial charge in [0.25, 0.3) is 0 Å². The zero-order valence-corrected chi connectivity index (χ0v) is 7.06. The molecule has 4 nitrogen and oxygen atoms in total. The van der Waals surface area contributed by atoms with Crippen LogP contribution in [0.15, 0.2) is 18.2 Å². The maximum absolute atomic E-state index is 9.25. The second-order valence-electron chi connectivity index (χ2n) is 3.06. The lowest BCUT2D eigenvalue weighted by molar-refractivity contribution is 0.115. The normalized spacial score (nSPS) is 19.6. The van der Waals surface area contributed by atoms with Gasteiger partial charge in [-0.25, -0.2) is 5.90 Å². The Kier molecular flexibility index (Phi) is 2.08. The van der Waals surface area contributed by atoms with Crippen molar-refractivity contribution in [3.05, 3.63) is 23.8 Å². The van der Waals surface area contributed by atoms with Gasteiger partial charge >= 0.3 is 0 Å². The predicted octanol–water partition coefficient (Wildman–Crippen LogP) is 0.758. The van der Waals surface area contributed by atoms with Gasteiger partial charge in [0.05, 0.1) is 13.2 Å². The van der Waals surface area contributed by atoms with Crippen molar-refractivity contribution in [2.24, 2.45) is 5.90 Å². The highest BCUT2D eigenvalue weighted by molar-refractivity contribution is 5.44. The molecule has 1 unspecified atom stereocenters. The molecular formula is C9H11NO3. The number of rotatable bonds is 2. The molecule has 0 saturated heterocycles. The van der Waals surface area contributed by atoms with Crippen LogP contribution in [0.25, 0.3) is 0 Å². The number of ether oxygens (including phenoxy) is 1. The largest absolute Gasteiger partial charge is 0.508 e. The number of nitrogens with two attached hydrogens (primary N) is 1. The van der Waals surface area contributed by atoms with E-state index in [1.807, 2.05) is 0 Å². The smallest absolute Gasteiger partial charge is 0.123 e. The Bertz CT molecular complexity index is 312. The van der Waals surface area contributed by atoms with E-state index in [4.69, 9.17) is 10.6 Å². The minimum Gasteiger partial charge on any atom is -0.508 e. The van der Waals surface area contributed by atoms with Gasteiger partial charge in [0.2, 0.25) is 0 Å². The molecule has 3 N–H and O–H groups in total. The molecule has 1 aromatic rings. The van der Waals surface area contributed by atoms with Gasteiger partial charge in [-0.15, -0.1) is 0 Å². The van der Waals surface area contributed by atoms with Gasteiger partial charge in [-0.05, 0) is 18.2 Å². The van der Waals surface area contributed by atoms with Crippen LogP contribution in [-0.4, -0.2) is 18.3 Å². The lowest BCUT2D eigenvalue weighted by Crippen LogP contribution is -2.12. The number of phenolic OH excluding ortho intramolecular Hbond substituents is 1. The number of hydrogen-bond donors (Lipinski definition) is 2. The molecule has 1 aliphatic heterocycles. The van der Waals surface area contributed by atoms with Crippen LogP contribution in [0.1, 0.15) is 11.5 Å². The van der Waals surface area contributed by atoms with Gasteiger partial charge < -0.3 is 14.7 Å². The first kappa shape index (κ1) is 8.34. The fourth-order valence-electron chi connectivity index (χ4n) is 1.52. The standard InChI is InChI=1S/C9H11NO3/c10-13-5-6-4-12-9-2-1-7(11)3-8(6)9/h1-3,6,11H,4-5,10H2. The van der Waals surface area contributed by atoms with Crippen molar-refractivity contribution in [1.82, 2.24) is 0 Å². The van der Waals surface area contributed by atoms with Crippen LogP contribution >= 0.6 is 0 Å². The van der Waals surface area contributed by atoms with Crippen LogP contribution < -0.4 is 10.6 Å². The third kappa shape index (κ3) is 1.46. The summed E-state index contributed by atoms with van der Waals surface area (Å²) in [6.07, 6.45) is 0. The Hall–Kier alpha value is -1.26. The van der Waals surface area contributed by atoms with Crippen LogP contribution in [0.2, 0.25) is 0 Å². The molecule has 2 rings (SSSR count). The highest BCUT2D eigenvalue weighted by Gasteiger charge is 2.24. The molecule has 4 heteroatoms. The number of aromatic hydroxyl groups is 1. The molecule has 1 aromatic carbocycles. The summed E-state index contributed by atoms with van der Waals surface area (Å²) in [6, 6.07) is 5.04. The Morgan fingerprint density at radius 3 is 3.23 bits per heavy atom. The van der Waals surface area contributed by atoms with Crippen LogP contribution in [0, 0.1) is 0 Å². The van der Waals surface area contributed by atoms with Crippen molar-refractivity contribution in [2.45, 2.75) is 5.92 Å². The highest BCUT2D eigenvalue weighted by Crippen LogP contribution is 2.35. The molecule has 1 heterocycles. The quantitative estimate of drug-likeness (QED) is 0.661. The van der Waals surface area contributed by atoms with Crippen molar-refractivity contribution >= 4 is 0 Å². The number of benzene rings is 1. The molecule has 1 atom stereocenters. The molecule has 0 fully saturated rings. The predicted molar refractivity (Wildman–Crippen MR) is 46.5 cm³/mol. The molecule has 1 aliphatic rings. The molecule has 0 saturated carbocycles. The molecule has 0 spiro atoms. The first-order valence-corrected chi connectivity index (χ1v) is 4.08. The minimum atomic E-state index is 0.132. The first-order valence-electron chi connectivity index (χ1n) is 4.08. The van der Waals surface area contributed by atoms with Crippen LogP contribution in [0.5, 0.6) is 11.5 Å². The van der Waals surface area contributed by atoms with Gasteiger partial charge in [0, 0.05) is 11.5 Å². The lowest BCUT2D eigenvalue weighted by atomic mass is 10.0. The zero-order valence-electron chi connectivity index (χ0n) is 7.06. The van der Waals surface area contributed by atoms with E-state index in [9.17, 15) is 5.11 Å². The van der Waals surface area contributed by atoms with Crippen LogP contribution in [0.4, 0.5) is 0 Å². The number of fused-ring (bicyclic) bond motifs is 1. The summed E-state index contributed by atoms with van der Waals surface area (Å²) in [5, 5.41) is 9.25. The zero-order chi connectivity index (χ0) is 9.26. The summed E-state index contributed by atoms with van der Waals surface area (Å²) < 4.78 is 5.37. The van der Waals surface area contributed by atoms with E-state index in [1.54, 1.807) is 18.2 Å². The Balaban J connectivity index is 2.29. The van der Waals surface area contributed by atoms with Crippen molar-refractivity contribution in [3.63, 3.8) is 0 Å². The van der Waals surface area contributed by atoms with E-state index < -0.39 is 0 Å². The van der Waals surface area contributed by atoms with E-state index in [2.05, 4.69) is 4.84 Å². The van der Waals surface area contributed by atoms with E-state index in [-0.39, 0.29) is 11.7 Å². The molecule has 0 radical (unpaired) electrons. The topological polar surface area (TPSA) is 64.7 Å². The summed E-state index contributed by atoms with van der Waals surface area (Å²) >= 11 is 0. The fourth-order valence-corrected chi connectivity index (χ4v) is 1.52. The molecule has 0 aliphatic carbocycles. The average molecular weight is 181 g/mol. The Morgan fingerprint density at radius 1 is 1.62 bits per heavy atom. The molecule has 0 bridgehead atoms. The van der Waals surface area contributed by atoms with Crippen LogP contribution in [0.3, 0.4) is 0 Å². The minimum absolute atomic E-state index is 0.132. The van der Waals surface area contributed by atoms with Crippen molar-refractivity contribution in [2.75, 3.05) is 13.2 Å². The van der Waals surface area contributed by atoms with Gasteiger partial charge in [0.15, 0.2) is 0 Å². The van der Waals surface area contributed by atoms with Gasteiger partial charge in [0.1, 0.15) is 11.5 Å². The van der Waals surface area contributed by atoms with E-state index in [1.165, 1.54) is 0 Å². The molecule has 70 valence electrons. The number of phenols is 1. The summed E-state index contributed by atoms with van der Waals surface area (Å²) in [7, 11) is 0. The maximum atomic E-state index is 9.25. The van der Waals surface area contributed by atoms with Gasteiger partial charge in [-0.3, -0.25) is 0 Å². The molecule has 13 heavy (non-hydrogen) atoms. The second-order valence-corrected chi connectivity index (χ2v) is 3.06. The van der Waals surface area contributed by atoms with Gasteiger partial charge in [-0.1, -0.05) is 0 Å². The van der Waals surface area contributed by atoms with E-state index in [0.717, 1.165) is 11.3 Å². The third-order valence-electron chi connectivity index (χ3n) is 2.17. The van der Waals surface area contributed by atoms with Crippen molar-refractivity contribution < 1.29 is 14.7 Å². The average Bonchev–Trinajstić information content (AvgIpc) is 2.49. The molecular weight excluding hydrogens is 170 g/mol. The second kappa shape index (κ2) is 3.24. The summed E-state index contributed by atoms with van der Waals surface area (Å²) in [6.45, 7) is 0.979. The molecule has 0 aromatic heterocycles. The fraction of sp³-hybridized carbons (Fsp3) is 0.333. The van der Waals surface area contributed by atoms with Crippen LogP contribution in [-0.2, 0) is 4.84 Å². The Morgan fingerprint density at radius 2 is 2.46 bits per heavy atom. The van der Waals surface area contributed by atoms with E-state index in [0.29, 0.717) is 13.2 Å². The van der Waals surface area contributed by atoms with Gasteiger partial charge in [-0.2, -0.15) is 0 Å².